The zero-order valence-electron chi connectivity index (χ0n) is 27.5. The molecule has 14 nitrogen and oxygen atoms in total. The Morgan fingerprint density at radius 3 is 2.55 bits per heavy atom. The normalized spacial score (nSPS) is 15.1. The summed E-state index contributed by atoms with van der Waals surface area (Å²) in [6, 6.07) is 2.78. The van der Waals surface area contributed by atoms with Gasteiger partial charge in [0.25, 0.3) is 11.8 Å². The first kappa shape index (κ1) is 35.3. The molecule has 260 valence electrons. The molecule has 1 saturated heterocycles. The lowest BCUT2D eigenvalue weighted by Gasteiger charge is -2.42. The molecular weight excluding hydrogens is 664 g/mol. The van der Waals surface area contributed by atoms with E-state index in [4.69, 9.17) is 11.6 Å². The second-order valence-electron chi connectivity index (χ2n) is 11.9. The van der Waals surface area contributed by atoms with Crippen molar-refractivity contribution in [1.82, 2.24) is 29.4 Å². The average molecular weight is 700 g/mol. The van der Waals surface area contributed by atoms with E-state index in [0.717, 1.165) is 13.0 Å². The largest absolute Gasteiger partial charge is 0.504 e. The van der Waals surface area contributed by atoms with Crippen molar-refractivity contribution >= 4 is 51.8 Å². The molecular formula is C32H36ClF2N9O5. The average Bonchev–Trinajstić information content (AvgIpc) is 3.06. The number of alkyl halides is 2. The molecule has 1 aliphatic rings. The molecule has 1 unspecified atom stereocenters. The molecule has 1 aliphatic heterocycles. The smallest absolute Gasteiger partial charge is 0.276 e. The summed E-state index contributed by atoms with van der Waals surface area (Å²) in [5.41, 5.74) is 0.237. The van der Waals surface area contributed by atoms with Crippen LogP contribution < -0.4 is 20.5 Å². The van der Waals surface area contributed by atoms with E-state index < -0.39 is 35.8 Å². The van der Waals surface area contributed by atoms with Gasteiger partial charge in [-0.3, -0.25) is 14.4 Å². The van der Waals surface area contributed by atoms with Crippen LogP contribution in [0.5, 0.6) is 5.75 Å². The number of piperazine rings is 1. The number of carbonyl (C=O) groups excluding carboxylic acids is 2. The number of aliphatic hydroxyl groups is 1. The topological polar surface area (TPSA) is 170 Å². The molecule has 49 heavy (non-hydrogen) atoms. The van der Waals surface area contributed by atoms with Gasteiger partial charge in [0.15, 0.2) is 22.6 Å². The predicted molar refractivity (Wildman–Crippen MR) is 180 cm³/mol. The molecule has 2 amide bonds. The lowest BCUT2D eigenvalue weighted by molar-refractivity contribution is -0.116. The summed E-state index contributed by atoms with van der Waals surface area (Å²) in [5, 5.41) is 23.4. The summed E-state index contributed by atoms with van der Waals surface area (Å²) in [6.45, 7) is 3.58. The Balaban J connectivity index is 1.54. The molecule has 3 aromatic heterocycles. The van der Waals surface area contributed by atoms with E-state index in [1.54, 1.807) is 28.5 Å². The summed E-state index contributed by atoms with van der Waals surface area (Å²) in [7, 11) is 3.48. The van der Waals surface area contributed by atoms with Crippen molar-refractivity contribution in [2.45, 2.75) is 45.7 Å². The van der Waals surface area contributed by atoms with Crippen molar-refractivity contribution in [3.63, 3.8) is 0 Å². The Morgan fingerprint density at radius 1 is 1.18 bits per heavy atom. The number of aromatic nitrogens is 5. The predicted octanol–water partition coefficient (Wildman–Crippen LogP) is 2.95. The van der Waals surface area contributed by atoms with Crippen LogP contribution in [0, 0.1) is 6.92 Å². The maximum Gasteiger partial charge on any atom is 0.276 e. The lowest BCUT2D eigenvalue weighted by atomic mass is 10.1. The van der Waals surface area contributed by atoms with Crippen LogP contribution in [-0.4, -0.2) is 97.8 Å². The molecule has 1 fully saturated rings. The SMILES string of the molecule is CCc1c(N2CCN(C(=O)c3ncnc(C)c3O)C(CO)C2)c(=O)c2nc(N(C)C)cnc2n1CC(=O)Nc1ccc(C(C)(F)F)cc1Cl. The molecule has 1 atom stereocenters. The number of amides is 2. The zero-order valence-corrected chi connectivity index (χ0v) is 28.3. The quantitative estimate of drug-likeness (QED) is 0.235. The highest BCUT2D eigenvalue weighted by atomic mass is 35.5. The number of rotatable bonds is 9. The Morgan fingerprint density at radius 2 is 1.92 bits per heavy atom. The summed E-state index contributed by atoms with van der Waals surface area (Å²) in [5.74, 6) is -4.24. The minimum Gasteiger partial charge on any atom is -0.504 e. The first-order chi connectivity index (χ1) is 23.2. The molecule has 17 heteroatoms. The molecule has 0 bridgehead atoms. The number of hydrogen-bond donors (Lipinski definition) is 3. The lowest BCUT2D eigenvalue weighted by Crippen LogP contribution is -2.58. The van der Waals surface area contributed by atoms with E-state index in [0.29, 0.717) is 11.5 Å². The van der Waals surface area contributed by atoms with Gasteiger partial charge < -0.3 is 34.8 Å². The second kappa shape index (κ2) is 13.9. The Labute approximate surface area is 285 Å². The van der Waals surface area contributed by atoms with Gasteiger partial charge in [0.05, 0.1) is 35.2 Å². The maximum absolute atomic E-state index is 14.2. The van der Waals surface area contributed by atoms with Gasteiger partial charge in [-0.2, -0.15) is 0 Å². The third kappa shape index (κ3) is 6.96. The van der Waals surface area contributed by atoms with E-state index in [1.165, 1.54) is 36.5 Å². The van der Waals surface area contributed by atoms with Gasteiger partial charge in [-0.1, -0.05) is 24.6 Å². The van der Waals surface area contributed by atoms with Crippen LogP contribution in [0.4, 0.5) is 26.0 Å². The number of nitrogens with zero attached hydrogens (tertiary/aromatic N) is 8. The van der Waals surface area contributed by atoms with E-state index in [1.807, 2.05) is 6.92 Å². The van der Waals surface area contributed by atoms with Crippen LogP contribution in [0.3, 0.4) is 0 Å². The molecule has 4 heterocycles. The van der Waals surface area contributed by atoms with Gasteiger partial charge in [-0.05, 0) is 25.5 Å². The number of hydrogen-bond acceptors (Lipinski definition) is 11. The fraction of sp³-hybridized carbons (Fsp3) is 0.406. The van der Waals surface area contributed by atoms with Crippen molar-refractivity contribution < 1.29 is 28.6 Å². The Hall–Kier alpha value is -4.96. The molecule has 0 saturated carbocycles. The van der Waals surface area contributed by atoms with Crippen LogP contribution in [0.2, 0.25) is 5.02 Å². The van der Waals surface area contributed by atoms with E-state index in [2.05, 4.69) is 25.3 Å². The number of aliphatic hydroxyl groups excluding tert-OH is 1. The fourth-order valence-corrected chi connectivity index (χ4v) is 5.98. The Kier molecular flexibility index (Phi) is 10.0. The summed E-state index contributed by atoms with van der Waals surface area (Å²) in [6.07, 6.45) is 2.93. The van der Waals surface area contributed by atoms with Gasteiger partial charge in [0.1, 0.15) is 24.4 Å². The molecule has 0 aliphatic carbocycles. The number of benzene rings is 1. The summed E-state index contributed by atoms with van der Waals surface area (Å²) >= 11 is 6.25. The van der Waals surface area contributed by atoms with Crippen LogP contribution >= 0.6 is 11.6 Å². The molecule has 5 rings (SSSR count). The van der Waals surface area contributed by atoms with Gasteiger partial charge in [0, 0.05) is 51.9 Å². The minimum atomic E-state index is -3.12. The number of nitrogens with one attached hydrogen (secondary N) is 1. The number of halogens is 3. The van der Waals surface area contributed by atoms with E-state index >= 15 is 0 Å². The van der Waals surface area contributed by atoms with Crippen LogP contribution in [-0.2, 0) is 23.7 Å². The number of anilines is 3. The van der Waals surface area contributed by atoms with Crippen molar-refractivity contribution in [3.8, 4) is 5.75 Å². The highest BCUT2D eigenvalue weighted by Crippen LogP contribution is 2.33. The number of carbonyl (C=O) groups is 2. The highest BCUT2D eigenvalue weighted by molar-refractivity contribution is 6.33. The minimum absolute atomic E-state index is 0.000741. The third-order valence-corrected chi connectivity index (χ3v) is 8.66. The number of aryl methyl sites for hydroxylation is 1. The zero-order chi connectivity index (χ0) is 35.8. The molecule has 1 aromatic carbocycles. The maximum atomic E-state index is 14.2. The van der Waals surface area contributed by atoms with Crippen LogP contribution in [0.25, 0.3) is 11.2 Å². The number of pyridine rings is 1. The summed E-state index contributed by atoms with van der Waals surface area (Å²) in [4.78, 5) is 62.9. The van der Waals surface area contributed by atoms with E-state index in [-0.39, 0.29) is 82.9 Å². The first-order valence-corrected chi connectivity index (χ1v) is 15.8. The first-order valence-electron chi connectivity index (χ1n) is 15.4. The van der Waals surface area contributed by atoms with Gasteiger partial charge >= 0.3 is 0 Å². The number of aromatic hydroxyl groups is 1. The monoisotopic (exact) mass is 699 g/mol. The van der Waals surface area contributed by atoms with Crippen molar-refractivity contribution in [2.24, 2.45) is 0 Å². The van der Waals surface area contributed by atoms with Crippen molar-refractivity contribution in [3.05, 3.63) is 68.6 Å². The van der Waals surface area contributed by atoms with Gasteiger partial charge in [-0.15, -0.1) is 0 Å². The highest BCUT2D eigenvalue weighted by Gasteiger charge is 2.35. The summed E-state index contributed by atoms with van der Waals surface area (Å²) < 4.78 is 29.2. The van der Waals surface area contributed by atoms with Crippen molar-refractivity contribution in [1.29, 1.82) is 0 Å². The van der Waals surface area contributed by atoms with E-state index in [9.17, 15) is 33.4 Å². The third-order valence-electron chi connectivity index (χ3n) is 8.35. The van der Waals surface area contributed by atoms with Crippen molar-refractivity contribution in [2.75, 3.05) is 55.5 Å². The Bertz CT molecular complexity index is 1990. The van der Waals surface area contributed by atoms with Gasteiger partial charge in [0.2, 0.25) is 11.3 Å². The molecule has 3 N–H and O–H groups in total. The standard InChI is InChI=1S/C32H36ClF2N9O5/c1-6-22-27(42-9-10-43(19(13-42)15-45)31(49)26-28(47)17(2)37-16-38-26)29(48)25-30(36-12-23(40-25)41(4)5)44(22)14-24(46)39-21-8-7-18(11-20(21)33)32(3,34)35/h7-8,11-12,16,19,45,47H,6,9-10,13-15H2,1-5H3,(H,39,46). The number of fused-ring (bicyclic) bond motifs is 1. The fourth-order valence-electron chi connectivity index (χ4n) is 5.76. The molecule has 4 aromatic rings. The van der Waals surface area contributed by atoms with Crippen LogP contribution in [0.1, 0.15) is 41.3 Å². The second-order valence-corrected chi connectivity index (χ2v) is 12.3. The van der Waals surface area contributed by atoms with Gasteiger partial charge in [-0.25, -0.2) is 28.7 Å². The van der Waals surface area contributed by atoms with Crippen LogP contribution in [0.15, 0.2) is 35.5 Å². The molecule has 0 spiro atoms. The molecule has 0 radical (unpaired) electrons.